The predicted molar refractivity (Wildman–Crippen MR) is 111 cm³/mol. The van der Waals surface area contributed by atoms with Gasteiger partial charge in [0.15, 0.2) is 0 Å². The van der Waals surface area contributed by atoms with Crippen LogP contribution in [-0.2, 0) is 6.42 Å². The van der Waals surface area contributed by atoms with Crippen molar-refractivity contribution in [2.24, 2.45) is 0 Å². The number of hydrogen-bond donors (Lipinski definition) is 2. The van der Waals surface area contributed by atoms with Crippen molar-refractivity contribution < 1.29 is 0 Å². The number of nitrogens with one attached hydrogen (secondary N) is 2. The lowest BCUT2D eigenvalue weighted by Crippen LogP contribution is -1.95. The van der Waals surface area contributed by atoms with E-state index in [1.165, 1.54) is 6.33 Å². The number of nitrogens with zero attached hydrogens (tertiary/aromatic N) is 2. The van der Waals surface area contributed by atoms with Crippen molar-refractivity contribution >= 4 is 45.7 Å². The Morgan fingerprint density at radius 1 is 1.07 bits per heavy atom. The SMILES string of the molecule is C#Cc1cccc(Nc2ncnc3[nH]c(Cc4ccc(Cl)cc4Cl)cc23)c1. The normalized spacial score (nSPS) is 10.7. The second-order valence-corrected chi connectivity index (χ2v) is 6.89. The number of rotatable bonds is 4. The first-order valence-corrected chi connectivity index (χ1v) is 8.98. The molecule has 0 aliphatic carbocycles. The quantitative estimate of drug-likeness (QED) is 0.445. The Kier molecular flexibility index (Phi) is 4.72. The van der Waals surface area contributed by atoms with Gasteiger partial charge in [0, 0.05) is 33.4 Å². The van der Waals surface area contributed by atoms with E-state index in [0.29, 0.717) is 22.3 Å². The third kappa shape index (κ3) is 3.75. The Labute approximate surface area is 166 Å². The zero-order valence-electron chi connectivity index (χ0n) is 14.1. The highest BCUT2D eigenvalue weighted by molar-refractivity contribution is 6.35. The number of aromatic amines is 1. The fraction of sp³-hybridized carbons (Fsp3) is 0.0476. The van der Waals surface area contributed by atoms with Gasteiger partial charge < -0.3 is 10.3 Å². The molecule has 4 rings (SSSR count). The molecule has 6 heteroatoms. The van der Waals surface area contributed by atoms with Gasteiger partial charge in [-0.1, -0.05) is 41.3 Å². The first kappa shape index (κ1) is 17.4. The van der Waals surface area contributed by atoms with Gasteiger partial charge in [0.05, 0.1) is 5.39 Å². The molecule has 27 heavy (non-hydrogen) atoms. The fourth-order valence-corrected chi connectivity index (χ4v) is 3.36. The van der Waals surface area contributed by atoms with Crippen LogP contribution in [-0.4, -0.2) is 15.0 Å². The zero-order valence-corrected chi connectivity index (χ0v) is 15.6. The molecule has 4 aromatic rings. The van der Waals surface area contributed by atoms with Gasteiger partial charge >= 0.3 is 0 Å². The number of aromatic nitrogens is 3. The van der Waals surface area contributed by atoms with Gasteiger partial charge in [-0.25, -0.2) is 9.97 Å². The number of hydrogen-bond acceptors (Lipinski definition) is 3. The van der Waals surface area contributed by atoms with Gasteiger partial charge in [-0.05, 0) is 42.0 Å². The van der Waals surface area contributed by atoms with Gasteiger partial charge in [0.2, 0.25) is 0 Å². The molecule has 0 fully saturated rings. The van der Waals surface area contributed by atoms with Crippen LogP contribution in [0, 0.1) is 12.3 Å². The van der Waals surface area contributed by atoms with Gasteiger partial charge in [-0.2, -0.15) is 0 Å². The van der Waals surface area contributed by atoms with Crippen molar-refractivity contribution in [2.75, 3.05) is 5.32 Å². The van der Waals surface area contributed by atoms with Crippen molar-refractivity contribution in [3.05, 3.63) is 81.7 Å². The summed E-state index contributed by atoms with van der Waals surface area (Å²) in [5.41, 5.74) is 4.39. The first-order valence-electron chi connectivity index (χ1n) is 8.22. The third-order valence-electron chi connectivity index (χ3n) is 4.17. The van der Waals surface area contributed by atoms with E-state index >= 15 is 0 Å². The van der Waals surface area contributed by atoms with Crippen molar-refractivity contribution in [1.29, 1.82) is 0 Å². The van der Waals surface area contributed by atoms with Crippen LogP contribution in [0.25, 0.3) is 11.0 Å². The Balaban J connectivity index is 1.66. The Hall–Kier alpha value is -3.00. The van der Waals surface area contributed by atoms with E-state index in [1.54, 1.807) is 6.07 Å². The fourth-order valence-electron chi connectivity index (χ4n) is 2.88. The molecule has 0 aliphatic heterocycles. The molecule has 0 bridgehead atoms. The van der Waals surface area contributed by atoms with Gasteiger partial charge in [0.1, 0.15) is 17.8 Å². The minimum absolute atomic E-state index is 0.618. The molecular weight excluding hydrogens is 379 g/mol. The summed E-state index contributed by atoms with van der Waals surface area (Å²) in [4.78, 5) is 12.0. The van der Waals surface area contributed by atoms with Crippen LogP contribution in [0.4, 0.5) is 11.5 Å². The summed E-state index contributed by atoms with van der Waals surface area (Å²) < 4.78 is 0. The second-order valence-electron chi connectivity index (χ2n) is 6.04. The van der Waals surface area contributed by atoms with Crippen LogP contribution in [0.1, 0.15) is 16.8 Å². The van der Waals surface area contributed by atoms with Gasteiger partial charge in [0.25, 0.3) is 0 Å². The van der Waals surface area contributed by atoms with E-state index in [0.717, 1.165) is 33.5 Å². The highest BCUT2D eigenvalue weighted by atomic mass is 35.5. The lowest BCUT2D eigenvalue weighted by atomic mass is 10.1. The van der Waals surface area contributed by atoms with E-state index in [1.807, 2.05) is 42.5 Å². The number of halogens is 2. The van der Waals surface area contributed by atoms with E-state index in [2.05, 4.69) is 26.2 Å². The topological polar surface area (TPSA) is 53.6 Å². The number of fused-ring (bicyclic) bond motifs is 1. The minimum Gasteiger partial charge on any atom is -0.343 e. The molecule has 2 N–H and O–H groups in total. The molecule has 2 aromatic carbocycles. The lowest BCUT2D eigenvalue weighted by Gasteiger charge is -2.06. The predicted octanol–water partition coefficient (Wildman–Crippen LogP) is 5.58. The third-order valence-corrected chi connectivity index (χ3v) is 4.76. The van der Waals surface area contributed by atoms with Crippen LogP contribution >= 0.6 is 23.2 Å². The molecule has 0 radical (unpaired) electrons. The highest BCUT2D eigenvalue weighted by Gasteiger charge is 2.10. The molecule has 0 unspecified atom stereocenters. The summed E-state index contributed by atoms with van der Waals surface area (Å²) in [6.45, 7) is 0. The molecule has 0 saturated heterocycles. The maximum Gasteiger partial charge on any atom is 0.143 e. The summed E-state index contributed by atoms with van der Waals surface area (Å²) in [7, 11) is 0. The van der Waals surface area contributed by atoms with Crippen LogP contribution in [0.15, 0.2) is 54.9 Å². The van der Waals surface area contributed by atoms with Crippen LogP contribution in [0.3, 0.4) is 0 Å². The standard InChI is InChI=1S/C21H14Cl2N4/c1-2-13-4-3-5-16(8-13)26-20-18-11-17(27-21(18)25-12-24-20)9-14-6-7-15(22)10-19(14)23/h1,3-8,10-12H,9H2,(H2,24,25,26,27). The van der Waals surface area contributed by atoms with E-state index in [-0.39, 0.29) is 0 Å². The maximum atomic E-state index is 6.29. The van der Waals surface area contributed by atoms with Crippen molar-refractivity contribution in [2.45, 2.75) is 6.42 Å². The number of benzene rings is 2. The van der Waals surface area contributed by atoms with Crippen LogP contribution in [0.2, 0.25) is 10.0 Å². The molecule has 2 heterocycles. The Morgan fingerprint density at radius 3 is 2.78 bits per heavy atom. The summed E-state index contributed by atoms with van der Waals surface area (Å²) in [6.07, 6.45) is 7.63. The van der Waals surface area contributed by atoms with E-state index in [9.17, 15) is 0 Å². The second kappa shape index (κ2) is 7.32. The van der Waals surface area contributed by atoms with Crippen molar-refractivity contribution in [3.63, 3.8) is 0 Å². The summed E-state index contributed by atoms with van der Waals surface area (Å²) in [5.74, 6) is 3.34. The summed E-state index contributed by atoms with van der Waals surface area (Å²) in [5, 5.41) is 5.45. The van der Waals surface area contributed by atoms with Gasteiger partial charge in [-0.3, -0.25) is 0 Å². The van der Waals surface area contributed by atoms with Crippen LogP contribution < -0.4 is 5.32 Å². The van der Waals surface area contributed by atoms with E-state index < -0.39 is 0 Å². The molecule has 0 spiro atoms. The highest BCUT2D eigenvalue weighted by Crippen LogP contribution is 2.27. The minimum atomic E-state index is 0.618. The largest absolute Gasteiger partial charge is 0.343 e. The molecule has 2 aromatic heterocycles. The smallest absolute Gasteiger partial charge is 0.143 e. The molecule has 4 nitrogen and oxygen atoms in total. The first-order chi connectivity index (χ1) is 13.1. The lowest BCUT2D eigenvalue weighted by molar-refractivity contribution is 1.10. The summed E-state index contributed by atoms with van der Waals surface area (Å²) in [6, 6.07) is 15.1. The molecule has 0 amide bonds. The average molecular weight is 393 g/mol. The number of anilines is 2. The molecular formula is C21H14Cl2N4. The molecule has 0 saturated carbocycles. The Bertz CT molecular complexity index is 1170. The number of terminal acetylenes is 1. The average Bonchev–Trinajstić information content (AvgIpc) is 3.08. The zero-order chi connectivity index (χ0) is 18.8. The molecule has 132 valence electrons. The van der Waals surface area contributed by atoms with E-state index in [4.69, 9.17) is 29.6 Å². The van der Waals surface area contributed by atoms with Gasteiger partial charge in [-0.15, -0.1) is 6.42 Å². The van der Waals surface area contributed by atoms with Crippen molar-refractivity contribution in [3.8, 4) is 12.3 Å². The molecule has 0 atom stereocenters. The maximum absolute atomic E-state index is 6.29. The summed E-state index contributed by atoms with van der Waals surface area (Å²) >= 11 is 12.3. The van der Waals surface area contributed by atoms with Crippen LogP contribution in [0.5, 0.6) is 0 Å². The molecule has 0 aliphatic rings. The Morgan fingerprint density at radius 2 is 1.96 bits per heavy atom. The van der Waals surface area contributed by atoms with Crippen molar-refractivity contribution in [1.82, 2.24) is 15.0 Å². The number of H-pyrrole nitrogens is 1. The monoisotopic (exact) mass is 392 g/mol.